The van der Waals surface area contributed by atoms with E-state index in [-0.39, 0.29) is 5.41 Å². The molecule has 11 aromatic rings. The highest BCUT2D eigenvalue weighted by molar-refractivity contribution is 7.85. The normalized spacial score (nSPS) is 17.9. The molecule has 1 spiro atoms. The van der Waals surface area contributed by atoms with Crippen molar-refractivity contribution in [3.05, 3.63) is 270 Å². The summed E-state index contributed by atoms with van der Waals surface area (Å²) in [5.74, 6) is 0. The van der Waals surface area contributed by atoms with Gasteiger partial charge in [-0.15, -0.1) is 0 Å². The maximum absolute atomic E-state index is 17.2. The van der Waals surface area contributed by atoms with Crippen LogP contribution in [-0.4, -0.2) is 4.57 Å². The van der Waals surface area contributed by atoms with Crippen molar-refractivity contribution in [1.82, 2.24) is 4.57 Å². The zero-order valence-corrected chi connectivity index (χ0v) is 38.7. The molecule has 1 aliphatic carbocycles. The maximum Gasteiger partial charge on any atom is 0.171 e. The lowest BCUT2D eigenvalue weighted by Gasteiger charge is -2.47. The van der Waals surface area contributed by atoms with Gasteiger partial charge in [0, 0.05) is 49.2 Å². The maximum atomic E-state index is 17.2. The molecule has 322 valence electrons. The molecule has 2 atom stereocenters. The third kappa shape index (κ3) is 5.12. The predicted octanol–water partition coefficient (Wildman–Crippen LogP) is 14.9. The van der Waals surface area contributed by atoms with Crippen molar-refractivity contribution in [3.8, 4) is 27.9 Å². The van der Waals surface area contributed by atoms with E-state index in [1.165, 1.54) is 60.8 Å². The first-order chi connectivity index (χ1) is 33.4. The van der Waals surface area contributed by atoms with E-state index in [1.807, 2.05) is 18.2 Å². The number of aromatic nitrogens is 1. The average molecular weight is 889 g/mol. The SMILES string of the molecule is CC1(C)c2ccccc2-c2ccc(N(c3ccc(-c4ccccc4)cc3)c3ccc4c(c3)P(=O)(c3ccccc3)c3ccccc3C43c4ccccc4-n4c5ccccc5c5cccc3c54)cc21. The van der Waals surface area contributed by atoms with Crippen LogP contribution < -0.4 is 20.8 Å². The van der Waals surface area contributed by atoms with Crippen LogP contribution in [0.4, 0.5) is 17.1 Å². The molecule has 4 heteroatoms. The van der Waals surface area contributed by atoms with Crippen LogP contribution in [-0.2, 0) is 15.4 Å². The number of benzene rings is 10. The van der Waals surface area contributed by atoms with Crippen LogP contribution in [0.3, 0.4) is 0 Å². The molecule has 3 aliphatic rings. The van der Waals surface area contributed by atoms with Crippen molar-refractivity contribution in [2.45, 2.75) is 24.7 Å². The molecule has 0 bridgehead atoms. The molecule has 14 rings (SSSR count). The second-order valence-electron chi connectivity index (χ2n) is 19.1. The Morgan fingerprint density at radius 2 is 0.985 bits per heavy atom. The zero-order valence-electron chi connectivity index (χ0n) is 37.8. The summed E-state index contributed by atoms with van der Waals surface area (Å²) in [6.45, 7) is 4.68. The average Bonchev–Trinajstić information content (AvgIpc) is 3.86. The van der Waals surface area contributed by atoms with Gasteiger partial charge in [0.25, 0.3) is 0 Å². The smallest absolute Gasteiger partial charge is 0.171 e. The Kier molecular flexibility index (Phi) is 8.23. The van der Waals surface area contributed by atoms with Gasteiger partial charge in [-0.25, -0.2) is 0 Å². The fraction of sp³-hybridized carbons (Fsp3) is 0.0625. The first kappa shape index (κ1) is 39.2. The van der Waals surface area contributed by atoms with E-state index < -0.39 is 12.6 Å². The van der Waals surface area contributed by atoms with Crippen LogP contribution in [0.2, 0.25) is 0 Å². The molecule has 2 unspecified atom stereocenters. The van der Waals surface area contributed by atoms with Crippen LogP contribution in [0.1, 0.15) is 47.2 Å². The first-order valence-electron chi connectivity index (χ1n) is 23.6. The lowest BCUT2D eigenvalue weighted by Crippen LogP contribution is -2.48. The van der Waals surface area contributed by atoms with E-state index >= 15 is 4.57 Å². The monoisotopic (exact) mass is 888 g/mol. The highest BCUT2D eigenvalue weighted by Crippen LogP contribution is 2.61. The molecule has 2 aliphatic heterocycles. The summed E-state index contributed by atoms with van der Waals surface area (Å²) in [7, 11) is -3.54. The van der Waals surface area contributed by atoms with E-state index in [9.17, 15) is 0 Å². The highest BCUT2D eigenvalue weighted by atomic mass is 31.2. The van der Waals surface area contributed by atoms with Crippen LogP contribution >= 0.6 is 7.14 Å². The van der Waals surface area contributed by atoms with Gasteiger partial charge in [0.15, 0.2) is 7.14 Å². The third-order valence-electron chi connectivity index (χ3n) is 15.5. The molecule has 0 fully saturated rings. The quantitative estimate of drug-likeness (QED) is 0.161. The second kappa shape index (κ2) is 14.3. The highest BCUT2D eigenvalue weighted by Gasteiger charge is 2.54. The molecule has 0 N–H and O–H groups in total. The number of hydrogen-bond acceptors (Lipinski definition) is 2. The Labute approximate surface area is 396 Å². The summed E-state index contributed by atoms with van der Waals surface area (Å²) in [4.78, 5) is 2.38. The summed E-state index contributed by atoms with van der Waals surface area (Å²) in [6, 6.07) is 85.5. The van der Waals surface area contributed by atoms with Gasteiger partial charge >= 0.3 is 0 Å². The van der Waals surface area contributed by atoms with Crippen LogP contribution in [0.25, 0.3) is 49.7 Å². The van der Waals surface area contributed by atoms with E-state index in [1.54, 1.807) is 0 Å². The molecule has 0 saturated heterocycles. The molecule has 10 aromatic carbocycles. The Bertz CT molecular complexity index is 3920. The zero-order chi connectivity index (χ0) is 45.4. The van der Waals surface area contributed by atoms with E-state index in [0.717, 1.165) is 55.4 Å². The number of para-hydroxylation sites is 3. The summed E-state index contributed by atoms with van der Waals surface area (Å²) in [6.07, 6.45) is 0. The van der Waals surface area contributed by atoms with Crippen LogP contribution in [0.5, 0.6) is 0 Å². The summed E-state index contributed by atoms with van der Waals surface area (Å²) in [5, 5.41) is 5.00. The molecule has 0 radical (unpaired) electrons. The van der Waals surface area contributed by atoms with Crippen LogP contribution in [0.15, 0.2) is 237 Å². The van der Waals surface area contributed by atoms with Crippen molar-refractivity contribution in [2.75, 3.05) is 4.90 Å². The minimum Gasteiger partial charge on any atom is -0.310 e. The Morgan fingerprint density at radius 3 is 1.81 bits per heavy atom. The van der Waals surface area contributed by atoms with Gasteiger partial charge in [-0.1, -0.05) is 202 Å². The second-order valence-corrected chi connectivity index (χ2v) is 21.8. The summed E-state index contributed by atoms with van der Waals surface area (Å²) >= 11 is 0. The van der Waals surface area contributed by atoms with Gasteiger partial charge < -0.3 is 14.0 Å². The Morgan fingerprint density at radius 1 is 0.412 bits per heavy atom. The summed E-state index contributed by atoms with van der Waals surface area (Å²) < 4.78 is 19.7. The number of hydrogen-bond donors (Lipinski definition) is 0. The fourth-order valence-corrected chi connectivity index (χ4v) is 15.7. The van der Waals surface area contributed by atoms with E-state index in [2.05, 4.69) is 242 Å². The van der Waals surface area contributed by atoms with Crippen molar-refractivity contribution < 1.29 is 4.57 Å². The first-order valence-corrected chi connectivity index (χ1v) is 25.3. The van der Waals surface area contributed by atoms with Gasteiger partial charge in [0.1, 0.15) is 0 Å². The molecule has 68 heavy (non-hydrogen) atoms. The standard InChI is InChI=1S/C64H45N2OP/c1-63(2)52-25-11-9-22-48(52)49-38-36-45(40-57(49)63)65(44-34-32-43(33-35-44)42-18-5-3-6-19-42)46-37-39-55-61(41-46)68(67,47-20-7-4-8-21-47)60-31-16-13-27-54(60)64(55)53-26-12-15-30-59(53)66-58-29-14-10-23-50(58)51-24-17-28-56(64)62(51)66/h3-41H,1-2H3. The fourth-order valence-electron chi connectivity index (χ4n) is 12.5. The topological polar surface area (TPSA) is 25.2 Å². The lowest BCUT2D eigenvalue weighted by molar-refractivity contribution is 0.590. The molecular formula is C64H45N2OP. The minimum atomic E-state index is -3.54. The Balaban J connectivity index is 1.08. The molecule has 0 saturated carbocycles. The van der Waals surface area contributed by atoms with Crippen molar-refractivity contribution in [3.63, 3.8) is 0 Å². The minimum absolute atomic E-state index is 0.197. The molecule has 1 aromatic heterocycles. The van der Waals surface area contributed by atoms with Gasteiger partial charge in [0.05, 0.1) is 22.1 Å². The molecule has 3 heterocycles. The predicted molar refractivity (Wildman–Crippen MR) is 283 cm³/mol. The van der Waals surface area contributed by atoms with Gasteiger partial charge in [-0.3, -0.25) is 0 Å². The lowest BCUT2D eigenvalue weighted by atomic mass is 9.62. The van der Waals surface area contributed by atoms with Gasteiger partial charge in [-0.2, -0.15) is 0 Å². The number of anilines is 3. The molecule has 0 amide bonds. The third-order valence-corrected chi connectivity index (χ3v) is 18.6. The van der Waals surface area contributed by atoms with E-state index in [4.69, 9.17) is 0 Å². The Hall–Kier alpha value is -7.97. The van der Waals surface area contributed by atoms with Gasteiger partial charge in [0.2, 0.25) is 0 Å². The summed E-state index contributed by atoms with van der Waals surface area (Å²) in [5.41, 5.74) is 17.6. The van der Waals surface area contributed by atoms with Crippen molar-refractivity contribution in [2.24, 2.45) is 0 Å². The molecule has 3 nitrogen and oxygen atoms in total. The largest absolute Gasteiger partial charge is 0.310 e. The van der Waals surface area contributed by atoms with E-state index in [0.29, 0.717) is 0 Å². The number of fused-ring (bicyclic) bond motifs is 14. The van der Waals surface area contributed by atoms with Crippen LogP contribution in [0, 0.1) is 0 Å². The van der Waals surface area contributed by atoms with Crippen molar-refractivity contribution in [1.29, 1.82) is 0 Å². The number of rotatable bonds is 5. The van der Waals surface area contributed by atoms with Crippen molar-refractivity contribution >= 4 is 61.9 Å². The molecular weight excluding hydrogens is 844 g/mol. The van der Waals surface area contributed by atoms with Gasteiger partial charge in [-0.05, 0) is 104 Å². The number of nitrogens with zero attached hydrogens (tertiary/aromatic N) is 2.